The lowest BCUT2D eigenvalue weighted by Gasteiger charge is -2.36. The minimum absolute atomic E-state index is 0.00602. The van der Waals surface area contributed by atoms with E-state index < -0.39 is 16.1 Å². The molecule has 1 amide bonds. The Morgan fingerprint density at radius 1 is 1.09 bits per heavy atom. The molecule has 0 saturated heterocycles. The summed E-state index contributed by atoms with van der Waals surface area (Å²) in [4.78, 5) is 18.4. The van der Waals surface area contributed by atoms with Crippen LogP contribution in [0.25, 0.3) is 0 Å². The van der Waals surface area contributed by atoms with Crippen molar-refractivity contribution in [3.63, 3.8) is 0 Å². The normalized spacial score (nSPS) is 23.9. The Labute approximate surface area is 268 Å². The van der Waals surface area contributed by atoms with Crippen molar-refractivity contribution in [2.24, 2.45) is 11.8 Å². The third-order valence-electron chi connectivity index (χ3n) is 8.85. The molecule has 1 saturated carbocycles. The molecule has 1 fully saturated rings. The molecule has 0 bridgehead atoms. The van der Waals surface area contributed by atoms with E-state index in [1.165, 1.54) is 32.1 Å². The maximum atomic E-state index is 14.3. The number of thiophene rings is 1. The lowest BCUT2D eigenvalue weighted by Crippen LogP contribution is -2.47. The van der Waals surface area contributed by atoms with Gasteiger partial charge in [-0.25, -0.2) is 8.42 Å². The highest BCUT2D eigenvalue weighted by Crippen LogP contribution is 2.30. The van der Waals surface area contributed by atoms with Crippen molar-refractivity contribution in [1.82, 2.24) is 9.80 Å². The molecule has 0 spiro atoms. The average Bonchev–Trinajstić information content (AvgIpc) is 3.55. The Kier molecular flexibility index (Phi) is 12.9. The van der Waals surface area contributed by atoms with Crippen LogP contribution < -0.4 is 9.46 Å². The molecule has 0 radical (unpaired) electrons. The van der Waals surface area contributed by atoms with Gasteiger partial charge in [0.2, 0.25) is 0 Å². The number of ether oxygens (including phenoxy) is 2. The summed E-state index contributed by atoms with van der Waals surface area (Å²) in [6, 6.07) is 7.60. The van der Waals surface area contributed by atoms with Crippen molar-refractivity contribution in [2.45, 2.75) is 94.6 Å². The summed E-state index contributed by atoms with van der Waals surface area (Å²) in [6.45, 7) is 8.56. The molecule has 1 aliphatic heterocycles. The molecule has 0 unspecified atom stereocenters. The number of carbonyl (C=O) groups is 1. The molecule has 9 nitrogen and oxygen atoms in total. The lowest BCUT2D eigenvalue weighted by molar-refractivity contribution is -0.0190. The first-order valence-electron chi connectivity index (χ1n) is 16.2. The van der Waals surface area contributed by atoms with E-state index in [0.717, 1.165) is 49.6 Å². The van der Waals surface area contributed by atoms with Gasteiger partial charge in [0.1, 0.15) is 9.96 Å². The SMILES string of the molecule is C[C@@H]1CCCCO[C@@H](CN(C)CC2CCCCC2)[C@@H](C)CN([C@H](C)CO)C(=O)c2cc(NS(=O)(=O)c3cccs3)ccc2O1. The Bertz CT molecular complexity index is 1280. The predicted molar refractivity (Wildman–Crippen MR) is 176 cm³/mol. The molecular formula is C33H51N3O6S2. The third-order valence-corrected chi connectivity index (χ3v) is 11.6. The predicted octanol–water partition coefficient (Wildman–Crippen LogP) is 5.86. The number of fused-ring (bicyclic) bond motifs is 1. The Balaban J connectivity index is 1.61. The summed E-state index contributed by atoms with van der Waals surface area (Å²) in [6.07, 6.45) is 8.93. The fraction of sp³-hybridized carbons (Fsp3) is 0.667. The lowest BCUT2D eigenvalue weighted by atomic mass is 9.89. The smallest absolute Gasteiger partial charge is 0.271 e. The van der Waals surface area contributed by atoms with Crippen LogP contribution in [-0.2, 0) is 14.8 Å². The van der Waals surface area contributed by atoms with Gasteiger partial charge in [-0.3, -0.25) is 9.52 Å². The number of nitrogens with one attached hydrogen (secondary N) is 1. The van der Waals surface area contributed by atoms with Gasteiger partial charge >= 0.3 is 0 Å². The minimum Gasteiger partial charge on any atom is -0.490 e. The average molecular weight is 650 g/mol. The molecule has 44 heavy (non-hydrogen) atoms. The molecule has 2 aliphatic rings. The number of nitrogens with zero attached hydrogens (tertiary/aromatic N) is 2. The van der Waals surface area contributed by atoms with Crippen molar-refractivity contribution in [2.75, 3.05) is 44.6 Å². The maximum Gasteiger partial charge on any atom is 0.271 e. The minimum atomic E-state index is -3.81. The van der Waals surface area contributed by atoms with E-state index in [4.69, 9.17) is 9.47 Å². The van der Waals surface area contributed by atoms with Gasteiger partial charge in [0, 0.05) is 37.8 Å². The first-order chi connectivity index (χ1) is 21.1. The highest BCUT2D eigenvalue weighted by Gasteiger charge is 2.31. The van der Waals surface area contributed by atoms with Crippen LogP contribution in [0.1, 0.15) is 82.5 Å². The van der Waals surface area contributed by atoms with Crippen molar-refractivity contribution in [3.05, 3.63) is 41.3 Å². The van der Waals surface area contributed by atoms with E-state index in [0.29, 0.717) is 18.9 Å². The van der Waals surface area contributed by atoms with E-state index in [9.17, 15) is 18.3 Å². The summed E-state index contributed by atoms with van der Waals surface area (Å²) >= 11 is 1.13. The Morgan fingerprint density at radius 2 is 1.84 bits per heavy atom. The molecule has 1 aliphatic carbocycles. The molecule has 2 aromatic rings. The summed E-state index contributed by atoms with van der Waals surface area (Å²) in [5.74, 6) is 0.804. The standard InChI is InChI=1S/C33H51N3O6S2/c1-24-20-36(25(2)23-37)33(38)29-19-28(34-44(39,40)32-14-10-18-43-32)15-16-30(29)42-26(3)11-8-9-17-41-31(24)22-35(4)21-27-12-6-5-7-13-27/h10,14-16,18-19,24-27,31,34,37H,5-9,11-13,17,20-23H2,1-4H3/t24-,25+,26+,31-/m0/s1. The zero-order valence-electron chi connectivity index (χ0n) is 26.7. The van der Waals surface area contributed by atoms with Gasteiger partial charge in [-0.2, -0.15) is 0 Å². The molecule has 4 atom stereocenters. The number of aliphatic hydroxyl groups is 1. The van der Waals surface area contributed by atoms with Gasteiger partial charge in [-0.15, -0.1) is 11.3 Å². The molecule has 1 aromatic carbocycles. The highest BCUT2D eigenvalue weighted by molar-refractivity contribution is 7.94. The summed E-state index contributed by atoms with van der Waals surface area (Å²) in [5.41, 5.74) is 0.540. The third kappa shape index (κ3) is 9.66. The van der Waals surface area contributed by atoms with Crippen LogP contribution in [0.2, 0.25) is 0 Å². The zero-order valence-corrected chi connectivity index (χ0v) is 28.4. The van der Waals surface area contributed by atoms with Gasteiger partial charge in [-0.05, 0) is 88.6 Å². The number of rotatable bonds is 9. The van der Waals surface area contributed by atoms with Gasteiger partial charge in [0.05, 0.1) is 30.4 Å². The van der Waals surface area contributed by atoms with Crippen LogP contribution in [0, 0.1) is 11.8 Å². The topological polar surface area (TPSA) is 108 Å². The second kappa shape index (κ2) is 16.4. The summed E-state index contributed by atoms with van der Waals surface area (Å²) < 4.78 is 41.5. The van der Waals surface area contributed by atoms with E-state index in [-0.39, 0.29) is 46.1 Å². The van der Waals surface area contributed by atoms with E-state index in [1.807, 2.05) is 13.8 Å². The zero-order chi connectivity index (χ0) is 31.7. The molecular weight excluding hydrogens is 599 g/mol. The number of hydrogen-bond donors (Lipinski definition) is 2. The van der Waals surface area contributed by atoms with Crippen LogP contribution >= 0.6 is 11.3 Å². The fourth-order valence-corrected chi connectivity index (χ4v) is 8.31. The van der Waals surface area contributed by atoms with Crippen molar-refractivity contribution < 1.29 is 27.8 Å². The molecule has 2 N–H and O–H groups in total. The maximum absolute atomic E-state index is 14.3. The van der Waals surface area contributed by atoms with Gasteiger partial charge in [-0.1, -0.05) is 32.3 Å². The number of carbonyl (C=O) groups excluding carboxylic acids is 1. The molecule has 1 aromatic heterocycles. The number of hydrogen-bond acceptors (Lipinski definition) is 8. The molecule has 11 heteroatoms. The summed E-state index contributed by atoms with van der Waals surface area (Å²) in [7, 11) is -1.64. The van der Waals surface area contributed by atoms with Crippen LogP contribution in [0.3, 0.4) is 0 Å². The Morgan fingerprint density at radius 3 is 2.55 bits per heavy atom. The van der Waals surface area contributed by atoms with E-state index >= 15 is 0 Å². The van der Waals surface area contributed by atoms with E-state index in [2.05, 4.69) is 23.6 Å². The number of aliphatic hydroxyl groups excluding tert-OH is 1. The number of anilines is 1. The molecule has 2 heterocycles. The quantitative estimate of drug-likeness (QED) is 0.351. The fourth-order valence-electron chi connectivity index (χ4n) is 6.26. The van der Waals surface area contributed by atoms with Crippen LogP contribution in [0.5, 0.6) is 5.75 Å². The second-order valence-electron chi connectivity index (χ2n) is 12.8. The monoisotopic (exact) mass is 649 g/mol. The number of likely N-dealkylation sites (N-methyl/N-ethyl adjacent to an activating group) is 1. The van der Waals surface area contributed by atoms with Crippen molar-refractivity contribution in [1.29, 1.82) is 0 Å². The van der Waals surface area contributed by atoms with Crippen LogP contribution in [0.4, 0.5) is 5.69 Å². The highest BCUT2D eigenvalue weighted by atomic mass is 32.2. The van der Waals surface area contributed by atoms with E-state index in [1.54, 1.807) is 40.6 Å². The number of amides is 1. The largest absolute Gasteiger partial charge is 0.490 e. The van der Waals surface area contributed by atoms with Crippen LogP contribution in [0.15, 0.2) is 39.9 Å². The van der Waals surface area contributed by atoms with Crippen molar-refractivity contribution in [3.8, 4) is 5.75 Å². The number of sulfonamides is 1. The van der Waals surface area contributed by atoms with Gasteiger partial charge in [0.15, 0.2) is 0 Å². The first kappa shape index (κ1) is 34.7. The van der Waals surface area contributed by atoms with Gasteiger partial charge in [0.25, 0.3) is 15.9 Å². The van der Waals surface area contributed by atoms with Crippen molar-refractivity contribution >= 4 is 33.0 Å². The Hall–Kier alpha value is -2.18. The second-order valence-corrected chi connectivity index (χ2v) is 15.6. The number of benzene rings is 1. The van der Waals surface area contributed by atoms with Crippen LogP contribution in [-0.4, -0.2) is 87.4 Å². The summed E-state index contributed by atoms with van der Waals surface area (Å²) in [5, 5.41) is 11.9. The van der Waals surface area contributed by atoms with Gasteiger partial charge < -0.3 is 24.4 Å². The molecule has 246 valence electrons. The molecule has 4 rings (SSSR count). The first-order valence-corrected chi connectivity index (χ1v) is 18.5.